The van der Waals surface area contributed by atoms with Crippen LogP contribution >= 0.6 is 0 Å². The van der Waals surface area contributed by atoms with E-state index >= 15 is 0 Å². The first kappa shape index (κ1) is 35.3. The molecule has 0 atom stereocenters. The quantitative estimate of drug-likeness (QED) is 0.151. The van der Waals surface area contributed by atoms with Crippen molar-refractivity contribution in [1.29, 1.82) is 0 Å². The zero-order chi connectivity index (χ0) is 39.2. The Hall–Kier alpha value is -7.16. The summed E-state index contributed by atoms with van der Waals surface area (Å²) in [6.45, 7) is 6.79. The van der Waals surface area contributed by atoms with Crippen LogP contribution in [0.2, 0.25) is 0 Å². The molecule has 0 unspecified atom stereocenters. The average molecular weight is 746 g/mol. The summed E-state index contributed by atoms with van der Waals surface area (Å²) in [5, 5.41) is 6.21. The second-order valence-corrected chi connectivity index (χ2v) is 16.2. The zero-order valence-corrected chi connectivity index (χ0v) is 33.0. The van der Waals surface area contributed by atoms with E-state index in [9.17, 15) is 0 Å². The van der Waals surface area contributed by atoms with Crippen LogP contribution in [-0.4, -0.2) is 0 Å². The topological polar surface area (TPSA) is 16.4 Å². The lowest BCUT2D eigenvalue weighted by molar-refractivity contribution is 0.568. The van der Waals surface area contributed by atoms with Gasteiger partial charge in [0.15, 0.2) is 0 Å². The van der Waals surface area contributed by atoms with Crippen molar-refractivity contribution in [3.8, 4) is 44.7 Å². The van der Waals surface area contributed by atoms with Gasteiger partial charge in [-0.3, -0.25) is 0 Å². The summed E-state index contributed by atoms with van der Waals surface area (Å²) in [7, 11) is 0. The molecular weight excluding hydrogens is 703 g/mol. The number of para-hydroxylation sites is 1. The Morgan fingerprint density at radius 2 is 0.862 bits per heavy atom. The van der Waals surface area contributed by atoms with Crippen LogP contribution < -0.4 is 4.90 Å². The predicted octanol–water partition coefficient (Wildman–Crippen LogP) is 16.2. The van der Waals surface area contributed by atoms with Crippen LogP contribution in [0, 0.1) is 0 Å². The molecule has 0 fully saturated rings. The van der Waals surface area contributed by atoms with E-state index in [0.29, 0.717) is 0 Å². The normalized spacial score (nSPS) is 11.7. The molecule has 58 heavy (non-hydrogen) atoms. The molecule has 0 saturated carbocycles. The van der Waals surface area contributed by atoms with Gasteiger partial charge in [-0.1, -0.05) is 178 Å². The van der Waals surface area contributed by atoms with Gasteiger partial charge in [-0.2, -0.15) is 0 Å². The summed E-state index contributed by atoms with van der Waals surface area (Å²) in [4.78, 5) is 2.35. The van der Waals surface area contributed by atoms with Gasteiger partial charge in [-0.05, 0) is 109 Å². The van der Waals surface area contributed by atoms with Crippen molar-refractivity contribution in [3.63, 3.8) is 0 Å². The lowest BCUT2D eigenvalue weighted by atomic mass is 9.83. The molecule has 10 aromatic rings. The van der Waals surface area contributed by atoms with Gasteiger partial charge in [0.2, 0.25) is 0 Å². The molecule has 1 heterocycles. The third kappa shape index (κ3) is 6.43. The Kier molecular flexibility index (Phi) is 8.76. The first-order valence-electron chi connectivity index (χ1n) is 20.1. The Balaban J connectivity index is 1.08. The van der Waals surface area contributed by atoms with Crippen LogP contribution in [0.4, 0.5) is 17.1 Å². The third-order valence-electron chi connectivity index (χ3n) is 11.4. The van der Waals surface area contributed by atoms with Crippen molar-refractivity contribution in [2.75, 3.05) is 4.90 Å². The molecule has 0 aliphatic heterocycles. The van der Waals surface area contributed by atoms with E-state index in [-0.39, 0.29) is 5.41 Å². The minimum Gasteiger partial charge on any atom is -0.456 e. The molecule has 0 saturated heterocycles. The monoisotopic (exact) mass is 745 g/mol. The fourth-order valence-corrected chi connectivity index (χ4v) is 8.60. The SMILES string of the molecule is CC(C)(C)c1c(-c2cccc(N(c3ccc(-c4ccc(-c5ccccc5)cc4)cc3)c3ccc(-c4cc5ccccc5c5ccccc45)cc3)c2)oc2ccccc12. The highest BCUT2D eigenvalue weighted by atomic mass is 16.3. The van der Waals surface area contributed by atoms with Gasteiger partial charge in [0, 0.05) is 33.6 Å². The fraction of sp³-hybridized carbons (Fsp3) is 0.0714. The van der Waals surface area contributed by atoms with E-state index in [4.69, 9.17) is 4.42 Å². The van der Waals surface area contributed by atoms with Gasteiger partial charge < -0.3 is 9.32 Å². The largest absolute Gasteiger partial charge is 0.456 e. The number of hydrogen-bond acceptors (Lipinski definition) is 2. The maximum absolute atomic E-state index is 6.67. The average Bonchev–Trinajstić information content (AvgIpc) is 3.68. The van der Waals surface area contributed by atoms with Gasteiger partial charge >= 0.3 is 0 Å². The molecule has 10 rings (SSSR count). The van der Waals surface area contributed by atoms with Gasteiger partial charge in [0.1, 0.15) is 11.3 Å². The first-order chi connectivity index (χ1) is 28.4. The number of hydrogen-bond donors (Lipinski definition) is 0. The smallest absolute Gasteiger partial charge is 0.139 e. The second kappa shape index (κ2) is 14.4. The molecule has 2 heteroatoms. The predicted molar refractivity (Wildman–Crippen MR) is 246 cm³/mol. The highest BCUT2D eigenvalue weighted by molar-refractivity contribution is 6.13. The summed E-state index contributed by atoms with van der Waals surface area (Å²) >= 11 is 0. The van der Waals surface area contributed by atoms with Crippen molar-refractivity contribution in [2.45, 2.75) is 26.2 Å². The van der Waals surface area contributed by atoms with Crippen LogP contribution in [0.3, 0.4) is 0 Å². The lowest BCUT2D eigenvalue weighted by Crippen LogP contribution is -2.12. The zero-order valence-electron chi connectivity index (χ0n) is 33.0. The number of fused-ring (bicyclic) bond motifs is 4. The van der Waals surface area contributed by atoms with E-state index < -0.39 is 0 Å². The van der Waals surface area contributed by atoms with Crippen LogP contribution in [0.25, 0.3) is 77.2 Å². The summed E-state index contributed by atoms with van der Waals surface area (Å²) in [6.07, 6.45) is 0. The second-order valence-electron chi connectivity index (χ2n) is 16.2. The van der Waals surface area contributed by atoms with Crippen LogP contribution in [0.5, 0.6) is 0 Å². The lowest BCUT2D eigenvalue weighted by Gasteiger charge is -2.27. The van der Waals surface area contributed by atoms with E-state index in [1.54, 1.807) is 0 Å². The van der Waals surface area contributed by atoms with Crippen molar-refractivity contribution >= 4 is 49.6 Å². The van der Waals surface area contributed by atoms with E-state index in [0.717, 1.165) is 39.4 Å². The summed E-state index contributed by atoms with van der Waals surface area (Å²) < 4.78 is 6.67. The maximum Gasteiger partial charge on any atom is 0.139 e. The first-order valence-corrected chi connectivity index (χ1v) is 20.1. The van der Waals surface area contributed by atoms with Crippen LogP contribution in [0.1, 0.15) is 26.3 Å². The molecular formula is C56H43NO. The Morgan fingerprint density at radius 1 is 0.362 bits per heavy atom. The molecule has 2 nitrogen and oxygen atoms in total. The van der Waals surface area contributed by atoms with E-state index in [1.165, 1.54) is 60.5 Å². The minimum absolute atomic E-state index is 0.116. The molecule has 0 spiro atoms. The number of nitrogens with zero attached hydrogens (tertiary/aromatic N) is 1. The van der Waals surface area contributed by atoms with Gasteiger partial charge in [0.25, 0.3) is 0 Å². The Labute approximate surface area is 340 Å². The molecule has 278 valence electrons. The van der Waals surface area contributed by atoms with Crippen molar-refractivity contribution in [2.24, 2.45) is 0 Å². The maximum atomic E-state index is 6.67. The molecule has 0 aliphatic carbocycles. The van der Waals surface area contributed by atoms with Crippen LogP contribution in [0.15, 0.2) is 211 Å². The van der Waals surface area contributed by atoms with E-state index in [1.807, 2.05) is 6.07 Å². The summed E-state index contributed by atoms with van der Waals surface area (Å²) in [5.74, 6) is 0.920. The molecule has 9 aromatic carbocycles. The number of benzene rings is 9. The number of anilines is 3. The number of furan rings is 1. The standard InChI is InChI=1S/C56H43NO/c1-56(2,3)54-51-22-11-12-23-53(51)58-55(54)44-17-13-18-47(36-44)57(45-32-28-41(29-33-45)40-26-24-39(25-27-40)38-14-5-4-6-15-38)46-34-30-42(31-35-46)52-37-43-16-7-8-19-48(43)49-20-9-10-21-50(49)52/h4-37H,1-3H3. The Bertz CT molecular complexity index is 3060. The van der Waals surface area contributed by atoms with Crippen molar-refractivity contribution < 1.29 is 4.42 Å². The van der Waals surface area contributed by atoms with Crippen molar-refractivity contribution in [1.82, 2.24) is 0 Å². The molecule has 1 aromatic heterocycles. The molecule has 0 radical (unpaired) electrons. The van der Waals surface area contributed by atoms with Gasteiger partial charge in [-0.15, -0.1) is 0 Å². The highest BCUT2D eigenvalue weighted by Gasteiger charge is 2.27. The van der Waals surface area contributed by atoms with E-state index in [2.05, 4.69) is 226 Å². The minimum atomic E-state index is -0.116. The summed E-state index contributed by atoms with van der Waals surface area (Å²) in [5.41, 5.74) is 13.5. The fourth-order valence-electron chi connectivity index (χ4n) is 8.60. The molecule has 0 aliphatic rings. The van der Waals surface area contributed by atoms with Crippen molar-refractivity contribution in [3.05, 3.63) is 212 Å². The highest BCUT2D eigenvalue weighted by Crippen LogP contribution is 2.44. The van der Waals surface area contributed by atoms with Crippen LogP contribution in [-0.2, 0) is 5.41 Å². The summed E-state index contributed by atoms with van der Waals surface area (Å²) in [6, 6.07) is 74.3. The van der Waals surface area contributed by atoms with Gasteiger partial charge in [0.05, 0.1) is 0 Å². The van der Waals surface area contributed by atoms with Gasteiger partial charge in [-0.25, -0.2) is 0 Å². The molecule has 0 bridgehead atoms. The molecule has 0 N–H and O–H groups in total. The number of rotatable bonds is 7. The third-order valence-corrected chi connectivity index (χ3v) is 11.4. The molecule has 0 amide bonds. The Morgan fingerprint density at radius 3 is 1.52 bits per heavy atom.